The molecular formula is C13H18INO4S. The highest BCUT2D eigenvalue weighted by atomic mass is 127. The molecule has 112 valence electrons. The molecule has 0 unspecified atom stereocenters. The van der Waals surface area contributed by atoms with Crippen molar-refractivity contribution in [3.63, 3.8) is 0 Å². The maximum absolute atomic E-state index is 11.4. The van der Waals surface area contributed by atoms with E-state index in [2.05, 4.69) is 27.9 Å². The summed E-state index contributed by atoms with van der Waals surface area (Å²) in [5, 5.41) is 2.79. The Morgan fingerprint density at radius 1 is 1.35 bits per heavy atom. The second-order valence-corrected chi connectivity index (χ2v) is 4.75. The monoisotopic (exact) mass is 411 g/mol. The summed E-state index contributed by atoms with van der Waals surface area (Å²) in [4.78, 5) is 27.6. The van der Waals surface area contributed by atoms with E-state index in [1.807, 2.05) is 37.3 Å². The van der Waals surface area contributed by atoms with Crippen molar-refractivity contribution < 1.29 is 19.1 Å². The topological polar surface area (TPSA) is 72.5 Å². The summed E-state index contributed by atoms with van der Waals surface area (Å²) in [6.07, 6.45) is 0.863. The molecule has 5 nitrogen and oxygen atoms in total. The molecule has 1 atom stereocenters. The second kappa shape index (κ2) is 14.4. The molecule has 0 aromatic heterocycles. The smallest absolute Gasteiger partial charge is 0.407 e. The quantitative estimate of drug-likeness (QED) is 0.598. The first-order chi connectivity index (χ1) is 9.13. The molecule has 0 heterocycles. The van der Waals surface area contributed by atoms with Crippen molar-refractivity contribution in [1.82, 2.24) is 5.32 Å². The lowest BCUT2D eigenvalue weighted by atomic mass is 10.2. The first-order valence-electron chi connectivity index (χ1n) is 5.66. The first kappa shape index (κ1) is 21.3. The van der Waals surface area contributed by atoms with Crippen molar-refractivity contribution in [2.45, 2.75) is 26.0 Å². The lowest BCUT2D eigenvalue weighted by Gasteiger charge is -2.12. The third kappa shape index (κ3) is 12.0. The Labute approximate surface area is 139 Å². The highest BCUT2D eigenvalue weighted by Gasteiger charge is 2.07. The SMILES string of the molecule is C[C@H](CCI)NC(=O)OCc1ccccc1.O=C=O.S. The number of carbonyl (C=O) groups is 1. The standard InChI is InChI=1S/C12H16INO2.CO2.H2S/c1-10(7-8-13)14-12(15)16-9-11-5-3-2-4-6-11;2-1-3;/h2-6,10H,7-9H2,1H3,(H,14,15);;1H2/t10-;;/m1../s1. The van der Waals surface area contributed by atoms with E-state index in [1.54, 1.807) is 0 Å². The minimum atomic E-state index is -0.346. The lowest BCUT2D eigenvalue weighted by molar-refractivity contribution is -0.191. The highest BCUT2D eigenvalue weighted by Crippen LogP contribution is 2.01. The minimum absolute atomic E-state index is 0. The van der Waals surface area contributed by atoms with Gasteiger partial charge in [-0.3, -0.25) is 0 Å². The number of amides is 1. The molecule has 20 heavy (non-hydrogen) atoms. The van der Waals surface area contributed by atoms with Gasteiger partial charge in [0.05, 0.1) is 0 Å². The van der Waals surface area contributed by atoms with Crippen LogP contribution in [0.4, 0.5) is 4.79 Å². The third-order valence-electron chi connectivity index (χ3n) is 2.12. The molecule has 0 aliphatic heterocycles. The number of alkyl halides is 1. The number of nitrogens with one attached hydrogen (secondary N) is 1. The number of rotatable bonds is 5. The zero-order chi connectivity index (χ0) is 14.5. The van der Waals surface area contributed by atoms with E-state index in [-0.39, 0.29) is 31.8 Å². The number of hydrogen-bond donors (Lipinski definition) is 1. The van der Waals surface area contributed by atoms with Crippen LogP contribution in [-0.2, 0) is 20.9 Å². The number of benzene rings is 1. The Hall–Kier alpha value is -1.05. The van der Waals surface area contributed by atoms with Crippen LogP contribution in [0.5, 0.6) is 0 Å². The molecule has 0 saturated carbocycles. The van der Waals surface area contributed by atoms with E-state index < -0.39 is 0 Å². The van der Waals surface area contributed by atoms with Crippen LogP contribution in [0.3, 0.4) is 0 Å². The predicted molar refractivity (Wildman–Crippen MR) is 88.1 cm³/mol. The van der Waals surface area contributed by atoms with Crippen LogP contribution >= 0.6 is 36.1 Å². The summed E-state index contributed by atoms with van der Waals surface area (Å²) in [5.41, 5.74) is 0.999. The van der Waals surface area contributed by atoms with Gasteiger partial charge in [0.15, 0.2) is 0 Å². The fourth-order valence-electron chi connectivity index (χ4n) is 1.20. The summed E-state index contributed by atoms with van der Waals surface area (Å²) in [6, 6.07) is 9.82. The molecular weight excluding hydrogens is 393 g/mol. The molecule has 0 bridgehead atoms. The summed E-state index contributed by atoms with van der Waals surface area (Å²) < 4.78 is 6.12. The van der Waals surface area contributed by atoms with Gasteiger partial charge in [0, 0.05) is 10.5 Å². The maximum atomic E-state index is 11.4. The molecule has 0 spiro atoms. The molecule has 0 aliphatic rings. The number of alkyl carbamates (subject to hydrolysis) is 1. The largest absolute Gasteiger partial charge is 0.445 e. The van der Waals surface area contributed by atoms with Crippen LogP contribution in [-0.4, -0.2) is 22.7 Å². The van der Waals surface area contributed by atoms with Crippen LogP contribution in [0.1, 0.15) is 18.9 Å². The van der Waals surface area contributed by atoms with Gasteiger partial charge >= 0.3 is 12.2 Å². The van der Waals surface area contributed by atoms with Gasteiger partial charge in [-0.2, -0.15) is 23.1 Å². The van der Waals surface area contributed by atoms with E-state index in [9.17, 15) is 4.79 Å². The third-order valence-corrected chi connectivity index (χ3v) is 2.74. The number of ether oxygens (including phenoxy) is 1. The van der Waals surface area contributed by atoms with E-state index >= 15 is 0 Å². The molecule has 1 aromatic carbocycles. The number of hydrogen-bond acceptors (Lipinski definition) is 4. The van der Waals surface area contributed by atoms with Gasteiger partial charge in [-0.15, -0.1) is 0 Å². The van der Waals surface area contributed by atoms with Gasteiger partial charge in [0.2, 0.25) is 0 Å². The van der Waals surface area contributed by atoms with Crippen molar-refractivity contribution in [1.29, 1.82) is 0 Å². The minimum Gasteiger partial charge on any atom is -0.445 e. The van der Waals surface area contributed by atoms with Gasteiger partial charge in [0.1, 0.15) is 6.61 Å². The van der Waals surface area contributed by atoms with Gasteiger partial charge < -0.3 is 10.1 Å². The molecule has 0 saturated heterocycles. The summed E-state index contributed by atoms with van der Waals surface area (Å²) >= 11 is 2.29. The van der Waals surface area contributed by atoms with Crippen molar-refractivity contribution >= 4 is 48.3 Å². The van der Waals surface area contributed by atoms with Gasteiger partial charge in [0.25, 0.3) is 0 Å². The zero-order valence-corrected chi connectivity index (χ0v) is 14.3. The normalized spacial score (nSPS) is 9.90. The Morgan fingerprint density at radius 2 is 1.90 bits per heavy atom. The fourth-order valence-corrected chi connectivity index (χ4v) is 2.14. The molecule has 1 N–H and O–H groups in total. The van der Waals surface area contributed by atoms with Crippen LogP contribution in [0, 0.1) is 0 Å². The Balaban J connectivity index is 0. The lowest BCUT2D eigenvalue weighted by Crippen LogP contribution is -2.33. The Kier molecular flexibility index (Phi) is 15.3. The van der Waals surface area contributed by atoms with E-state index in [4.69, 9.17) is 14.3 Å². The van der Waals surface area contributed by atoms with Crippen LogP contribution < -0.4 is 5.32 Å². The predicted octanol–water partition coefficient (Wildman–Crippen LogP) is 2.66. The van der Waals surface area contributed by atoms with Crippen molar-refractivity contribution in [2.24, 2.45) is 0 Å². The fraction of sp³-hybridized carbons (Fsp3) is 0.385. The molecule has 0 aliphatic carbocycles. The Morgan fingerprint density at radius 3 is 2.40 bits per heavy atom. The van der Waals surface area contributed by atoms with Crippen molar-refractivity contribution in [2.75, 3.05) is 4.43 Å². The van der Waals surface area contributed by atoms with Gasteiger partial charge in [-0.05, 0) is 18.9 Å². The van der Waals surface area contributed by atoms with E-state index in [0.29, 0.717) is 6.61 Å². The van der Waals surface area contributed by atoms with Gasteiger partial charge in [-0.25, -0.2) is 4.79 Å². The zero-order valence-electron chi connectivity index (χ0n) is 11.1. The average Bonchev–Trinajstić information content (AvgIpc) is 2.39. The van der Waals surface area contributed by atoms with E-state index in [1.165, 1.54) is 0 Å². The molecule has 7 heteroatoms. The van der Waals surface area contributed by atoms with Crippen LogP contribution in [0.2, 0.25) is 0 Å². The van der Waals surface area contributed by atoms with Crippen molar-refractivity contribution in [3.8, 4) is 0 Å². The van der Waals surface area contributed by atoms with Crippen LogP contribution in [0.25, 0.3) is 0 Å². The maximum Gasteiger partial charge on any atom is 0.407 e. The number of carbonyl (C=O) groups excluding carboxylic acids is 3. The van der Waals surface area contributed by atoms with Crippen LogP contribution in [0.15, 0.2) is 30.3 Å². The molecule has 1 amide bonds. The van der Waals surface area contributed by atoms with E-state index in [0.717, 1.165) is 16.4 Å². The highest BCUT2D eigenvalue weighted by molar-refractivity contribution is 14.1. The molecule has 1 rings (SSSR count). The van der Waals surface area contributed by atoms with Gasteiger partial charge in [-0.1, -0.05) is 52.9 Å². The Bertz CT molecular complexity index is 397. The molecule has 0 fully saturated rings. The summed E-state index contributed by atoms with van der Waals surface area (Å²) in [5.74, 6) is 0. The second-order valence-electron chi connectivity index (χ2n) is 3.67. The average molecular weight is 411 g/mol. The van der Waals surface area contributed by atoms with Crippen molar-refractivity contribution in [3.05, 3.63) is 35.9 Å². The first-order valence-corrected chi connectivity index (χ1v) is 7.19. The summed E-state index contributed by atoms with van der Waals surface area (Å²) in [6.45, 7) is 2.30. The molecule has 1 aromatic rings. The molecule has 0 radical (unpaired) electrons. The number of halogens is 1. The summed E-state index contributed by atoms with van der Waals surface area (Å²) in [7, 11) is 0.